The molecule has 4 N–H and O–H groups in total. The molecule has 0 saturated heterocycles. The van der Waals surface area contributed by atoms with E-state index < -0.39 is 10.4 Å². The molecule has 0 aromatic carbocycles. The third-order valence-corrected chi connectivity index (χ3v) is 5.28. The summed E-state index contributed by atoms with van der Waals surface area (Å²) in [5.41, 5.74) is 0. The van der Waals surface area contributed by atoms with Gasteiger partial charge in [0.1, 0.15) is 0 Å². The SMILES string of the molecule is C=C.CCCCCCCCCCCCOCCCCCCCCCCCC.O.O=S(=O)(O)O.[H-].[Na+]. The largest absolute Gasteiger partial charge is 1.00 e. The third-order valence-electron chi connectivity index (χ3n) is 5.28. The van der Waals surface area contributed by atoms with Crippen molar-refractivity contribution in [2.75, 3.05) is 13.2 Å². The van der Waals surface area contributed by atoms with Gasteiger partial charge in [0.15, 0.2) is 0 Å². The molecule has 0 rings (SSSR count). The Morgan fingerprint density at radius 3 is 0.941 bits per heavy atom. The van der Waals surface area contributed by atoms with Crippen molar-refractivity contribution >= 4 is 10.4 Å². The van der Waals surface area contributed by atoms with Crippen molar-refractivity contribution < 1.29 is 58.7 Å². The first-order valence-corrected chi connectivity index (χ1v) is 14.6. The number of hydrogen-bond donors (Lipinski definition) is 2. The molecule has 0 aromatic heterocycles. The zero-order valence-corrected chi connectivity index (χ0v) is 25.8. The summed E-state index contributed by atoms with van der Waals surface area (Å²) in [4.78, 5) is 0. The van der Waals surface area contributed by atoms with Gasteiger partial charge in [0.25, 0.3) is 0 Å². The molecule has 34 heavy (non-hydrogen) atoms. The summed E-state index contributed by atoms with van der Waals surface area (Å²) in [5.74, 6) is 0. The van der Waals surface area contributed by atoms with Gasteiger partial charge in [-0.3, -0.25) is 9.11 Å². The minimum absolute atomic E-state index is 0. The molecule has 6 nitrogen and oxygen atoms in total. The van der Waals surface area contributed by atoms with E-state index >= 15 is 0 Å². The number of hydrogen-bond acceptors (Lipinski definition) is 3. The Morgan fingerprint density at radius 2 is 0.735 bits per heavy atom. The molecule has 0 unspecified atom stereocenters. The molecule has 0 bridgehead atoms. The molecule has 0 heterocycles. The molecule has 0 aliphatic rings. The van der Waals surface area contributed by atoms with Gasteiger partial charge in [-0.15, -0.1) is 13.2 Å². The van der Waals surface area contributed by atoms with E-state index in [0.717, 1.165) is 13.2 Å². The van der Waals surface area contributed by atoms with Gasteiger partial charge in [-0.05, 0) is 12.8 Å². The van der Waals surface area contributed by atoms with Crippen LogP contribution in [-0.4, -0.2) is 36.2 Å². The van der Waals surface area contributed by atoms with Crippen LogP contribution in [0, 0.1) is 0 Å². The molecule has 206 valence electrons. The van der Waals surface area contributed by atoms with Crippen LogP contribution in [0.3, 0.4) is 0 Å². The van der Waals surface area contributed by atoms with E-state index in [9.17, 15) is 0 Å². The second-order valence-corrected chi connectivity index (χ2v) is 9.32. The molecule has 0 atom stereocenters. The van der Waals surface area contributed by atoms with Crippen molar-refractivity contribution in [2.45, 2.75) is 142 Å². The van der Waals surface area contributed by atoms with Gasteiger partial charge in [0.05, 0.1) is 0 Å². The van der Waals surface area contributed by atoms with Gasteiger partial charge >= 0.3 is 40.0 Å². The molecule has 0 saturated carbocycles. The van der Waals surface area contributed by atoms with Crippen molar-refractivity contribution in [1.82, 2.24) is 0 Å². The number of rotatable bonds is 22. The molecule has 8 heteroatoms. The van der Waals surface area contributed by atoms with E-state index in [0.29, 0.717) is 0 Å². The van der Waals surface area contributed by atoms with Gasteiger partial charge in [-0.1, -0.05) is 129 Å². The Bertz CT molecular complexity index is 398. The normalized spacial score (nSPS) is 10.1. The van der Waals surface area contributed by atoms with Gasteiger partial charge in [0.2, 0.25) is 0 Å². The van der Waals surface area contributed by atoms with Crippen molar-refractivity contribution in [3.8, 4) is 0 Å². The summed E-state index contributed by atoms with van der Waals surface area (Å²) in [5, 5.41) is 0. The van der Waals surface area contributed by atoms with Gasteiger partial charge < -0.3 is 11.6 Å². The first-order valence-electron chi connectivity index (χ1n) is 13.2. The summed E-state index contributed by atoms with van der Waals surface area (Å²) in [7, 11) is -4.67. The molecule has 0 spiro atoms. The van der Waals surface area contributed by atoms with Crippen LogP contribution in [0.15, 0.2) is 13.2 Å². The quantitative estimate of drug-likeness (QED) is 0.0868. The molecule has 0 fully saturated rings. The van der Waals surface area contributed by atoms with Crippen molar-refractivity contribution in [3.05, 3.63) is 13.2 Å². The summed E-state index contributed by atoms with van der Waals surface area (Å²) in [6, 6.07) is 0. The van der Waals surface area contributed by atoms with E-state index in [1.807, 2.05) is 0 Å². The van der Waals surface area contributed by atoms with Gasteiger partial charge in [-0.25, -0.2) is 0 Å². The molecular weight excluding hydrogens is 463 g/mol. The maximum Gasteiger partial charge on any atom is 1.00 e. The number of ether oxygens (including phenoxy) is 1. The van der Waals surface area contributed by atoms with Crippen LogP contribution in [0.2, 0.25) is 0 Å². The summed E-state index contributed by atoms with van der Waals surface area (Å²) in [6.45, 7) is 12.6. The first kappa shape index (κ1) is 44.5. The monoisotopic (exact) mass is 522 g/mol. The molecule has 0 aromatic rings. The van der Waals surface area contributed by atoms with Crippen molar-refractivity contribution in [3.63, 3.8) is 0 Å². The fraction of sp³-hybridized carbons (Fsp3) is 0.923. The fourth-order valence-electron chi connectivity index (χ4n) is 3.49. The van der Waals surface area contributed by atoms with E-state index in [1.54, 1.807) is 0 Å². The Labute approximate surface area is 236 Å². The molecule has 0 radical (unpaired) electrons. The summed E-state index contributed by atoms with van der Waals surface area (Å²) < 4.78 is 37.4. The van der Waals surface area contributed by atoms with Gasteiger partial charge in [0, 0.05) is 13.2 Å². The van der Waals surface area contributed by atoms with Crippen molar-refractivity contribution in [2.24, 2.45) is 0 Å². The van der Waals surface area contributed by atoms with Crippen LogP contribution in [0.25, 0.3) is 0 Å². The molecule has 0 amide bonds. The topological polar surface area (TPSA) is 115 Å². The Kier molecular flexibility index (Phi) is 53.3. The Morgan fingerprint density at radius 1 is 0.559 bits per heavy atom. The van der Waals surface area contributed by atoms with Crippen LogP contribution in [0.4, 0.5) is 0 Å². The average Bonchev–Trinajstić information content (AvgIpc) is 2.75. The Balaban J connectivity index is -0.000000186. The Hall–Kier alpha value is 0.530. The maximum absolute atomic E-state index is 8.74. The van der Waals surface area contributed by atoms with E-state index in [1.165, 1.54) is 128 Å². The maximum atomic E-state index is 8.74. The van der Waals surface area contributed by atoms with Crippen LogP contribution in [0.1, 0.15) is 144 Å². The molecular formula is C26H59NaO6S. The average molecular weight is 523 g/mol. The second-order valence-electron chi connectivity index (χ2n) is 8.42. The van der Waals surface area contributed by atoms with Crippen molar-refractivity contribution in [1.29, 1.82) is 0 Å². The summed E-state index contributed by atoms with van der Waals surface area (Å²) in [6.07, 6.45) is 28.2. The van der Waals surface area contributed by atoms with E-state index in [-0.39, 0.29) is 36.5 Å². The fourth-order valence-corrected chi connectivity index (χ4v) is 3.49. The second kappa shape index (κ2) is 40.7. The van der Waals surface area contributed by atoms with E-state index in [4.69, 9.17) is 22.3 Å². The standard InChI is InChI=1S/C24H50O.C2H4.Na.H2O4S.H2O.H/c1-3-5-7-9-11-13-15-17-19-21-23-25-24-22-20-18-16-14-12-10-8-6-4-2;1-2;;1-5(2,3)4;;/h3-24H2,1-2H3;1-2H2;;(H2,1,2,3,4);1H2;/q;;+1;;;-1. The molecule has 0 aliphatic carbocycles. The zero-order chi connectivity index (χ0) is 24.8. The van der Waals surface area contributed by atoms with Crippen LogP contribution < -0.4 is 29.6 Å². The predicted molar refractivity (Wildman–Crippen MR) is 145 cm³/mol. The zero-order valence-electron chi connectivity index (χ0n) is 24.0. The third kappa shape index (κ3) is 63.7. The van der Waals surface area contributed by atoms with E-state index in [2.05, 4.69) is 27.0 Å². The predicted octanol–water partition coefficient (Wildman–Crippen LogP) is 5.29. The molecule has 0 aliphatic heterocycles. The van der Waals surface area contributed by atoms with Crippen LogP contribution in [0.5, 0.6) is 0 Å². The minimum atomic E-state index is -4.67. The van der Waals surface area contributed by atoms with Crippen LogP contribution in [-0.2, 0) is 15.1 Å². The first-order chi connectivity index (χ1) is 15.4. The number of unbranched alkanes of at least 4 members (excludes halogenated alkanes) is 18. The van der Waals surface area contributed by atoms with Crippen LogP contribution >= 0.6 is 0 Å². The van der Waals surface area contributed by atoms with Gasteiger partial charge in [-0.2, -0.15) is 8.42 Å². The minimum Gasteiger partial charge on any atom is -1.00 e. The summed E-state index contributed by atoms with van der Waals surface area (Å²) >= 11 is 0. The smallest absolute Gasteiger partial charge is 1.00 e.